The molecule has 0 saturated carbocycles. The van der Waals surface area contributed by atoms with Crippen LogP contribution in [-0.4, -0.2) is 20.7 Å². The van der Waals surface area contributed by atoms with Crippen LogP contribution in [0, 0.1) is 5.41 Å². The molecule has 0 spiro atoms. The summed E-state index contributed by atoms with van der Waals surface area (Å²) in [5.74, 6) is 0.979. The molecule has 0 radical (unpaired) electrons. The molecule has 0 N–H and O–H groups in total. The number of furan rings is 1. The maximum absolute atomic E-state index is 11.7. The van der Waals surface area contributed by atoms with E-state index in [1.54, 1.807) is 6.26 Å². The Balaban J connectivity index is 1.83. The Kier molecular flexibility index (Phi) is 5.43. The van der Waals surface area contributed by atoms with Gasteiger partial charge in [-0.05, 0) is 72.7 Å². The highest BCUT2D eigenvalue weighted by molar-refractivity contribution is 6.74. The lowest BCUT2D eigenvalue weighted by atomic mass is 9.68. The summed E-state index contributed by atoms with van der Waals surface area (Å²) in [5.41, 5.74) is 3.57. The summed E-state index contributed by atoms with van der Waals surface area (Å²) in [6.45, 7) is 13.9. The lowest BCUT2D eigenvalue weighted by molar-refractivity contribution is -0.105. The number of allylic oxidation sites excluding steroid dienone is 2. The Hall–Kier alpha value is -1.39. The molecule has 2 atom stereocenters. The van der Waals surface area contributed by atoms with Gasteiger partial charge in [-0.25, -0.2) is 0 Å². The number of hydrogen-bond donors (Lipinski definition) is 0. The Bertz CT molecular complexity index is 749. The van der Waals surface area contributed by atoms with Gasteiger partial charge in [0.2, 0.25) is 0 Å². The van der Waals surface area contributed by atoms with E-state index in [2.05, 4.69) is 46.9 Å². The molecule has 148 valence electrons. The molecule has 2 aliphatic carbocycles. The molecule has 0 aliphatic heterocycles. The third-order valence-electron chi connectivity index (χ3n) is 7.08. The molecular weight excluding hydrogens is 352 g/mol. The molecule has 1 heterocycles. The molecule has 3 rings (SSSR count). The normalized spacial score (nSPS) is 26.1. The molecule has 0 bridgehead atoms. The van der Waals surface area contributed by atoms with Gasteiger partial charge in [0, 0.05) is 11.8 Å². The highest BCUT2D eigenvalue weighted by atomic mass is 28.4. The second-order valence-electron chi connectivity index (χ2n) is 9.84. The van der Waals surface area contributed by atoms with Gasteiger partial charge in [0.05, 0.1) is 12.4 Å². The van der Waals surface area contributed by atoms with Crippen LogP contribution in [0.5, 0.6) is 0 Å². The Morgan fingerprint density at radius 1 is 1.33 bits per heavy atom. The summed E-state index contributed by atoms with van der Waals surface area (Å²) >= 11 is 0. The van der Waals surface area contributed by atoms with Gasteiger partial charge in [0.1, 0.15) is 12.0 Å². The molecule has 1 aromatic heterocycles. The minimum absolute atomic E-state index is 0.0144. The van der Waals surface area contributed by atoms with Crippen LogP contribution < -0.4 is 0 Å². The van der Waals surface area contributed by atoms with Crippen molar-refractivity contribution in [1.82, 2.24) is 0 Å². The maximum Gasteiger partial charge on any atom is 0.192 e. The zero-order valence-corrected chi connectivity index (χ0v) is 18.7. The molecule has 0 unspecified atom stereocenters. The lowest BCUT2D eigenvalue weighted by Crippen LogP contribution is -2.48. The number of fused-ring (bicyclic) bond motifs is 1. The fourth-order valence-corrected chi connectivity index (χ4v) is 5.63. The van der Waals surface area contributed by atoms with Gasteiger partial charge < -0.3 is 8.84 Å². The van der Waals surface area contributed by atoms with Crippen LogP contribution in [0.15, 0.2) is 45.6 Å². The van der Waals surface area contributed by atoms with Crippen LogP contribution in [0.4, 0.5) is 0 Å². The standard InChI is InChI=1S/C23H34O3Si/c1-22(2,3)27(5,6)26-21-12-11-20-19(10-9-18-8-7-15-25-18)17(16-24)13-14-23(20,21)4/h7-8,11,15-16,21H,9-10,12-14H2,1-6H3/t21-,23-/m0/s1. The first-order chi connectivity index (χ1) is 12.6. The number of carbonyl (C=O) groups is 1. The van der Waals surface area contributed by atoms with Crippen molar-refractivity contribution in [2.45, 2.75) is 84.0 Å². The predicted molar refractivity (Wildman–Crippen MR) is 112 cm³/mol. The number of carbonyl (C=O) groups excluding carboxylic acids is 1. The second-order valence-corrected chi connectivity index (χ2v) is 14.6. The summed E-state index contributed by atoms with van der Waals surface area (Å²) < 4.78 is 12.4. The summed E-state index contributed by atoms with van der Waals surface area (Å²) in [6, 6.07) is 3.93. The summed E-state index contributed by atoms with van der Waals surface area (Å²) in [6.07, 6.45) is 9.84. The number of aryl methyl sites for hydroxylation is 1. The highest BCUT2D eigenvalue weighted by Crippen LogP contribution is 2.54. The fourth-order valence-electron chi connectivity index (χ4n) is 4.21. The van der Waals surface area contributed by atoms with E-state index in [0.717, 1.165) is 49.7 Å². The van der Waals surface area contributed by atoms with Crippen LogP contribution in [0.3, 0.4) is 0 Å². The van der Waals surface area contributed by atoms with E-state index in [0.29, 0.717) is 0 Å². The van der Waals surface area contributed by atoms with E-state index in [1.807, 2.05) is 12.1 Å². The van der Waals surface area contributed by atoms with Gasteiger partial charge in [-0.1, -0.05) is 33.8 Å². The minimum atomic E-state index is -1.84. The van der Waals surface area contributed by atoms with Crippen molar-refractivity contribution in [1.29, 1.82) is 0 Å². The van der Waals surface area contributed by atoms with Crippen molar-refractivity contribution in [2.75, 3.05) is 0 Å². The molecule has 4 heteroatoms. The third kappa shape index (κ3) is 3.79. The summed E-state index contributed by atoms with van der Waals surface area (Å²) in [5, 5.41) is 0.201. The highest BCUT2D eigenvalue weighted by Gasteiger charge is 2.49. The van der Waals surface area contributed by atoms with Gasteiger partial charge in [-0.15, -0.1) is 0 Å². The van der Waals surface area contributed by atoms with Gasteiger partial charge in [0.25, 0.3) is 0 Å². The van der Waals surface area contributed by atoms with E-state index < -0.39 is 8.32 Å². The van der Waals surface area contributed by atoms with Crippen LogP contribution >= 0.6 is 0 Å². The minimum Gasteiger partial charge on any atom is -0.469 e. The lowest BCUT2D eigenvalue weighted by Gasteiger charge is -2.45. The average molecular weight is 387 g/mol. The fraction of sp³-hybridized carbons (Fsp3) is 0.609. The first-order valence-electron chi connectivity index (χ1n) is 10.2. The van der Waals surface area contributed by atoms with Crippen LogP contribution in [-0.2, 0) is 15.6 Å². The van der Waals surface area contributed by atoms with Crippen LogP contribution in [0.1, 0.15) is 59.1 Å². The molecule has 0 saturated heterocycles. The topological polar surface area (TPSA) is 39.4 Å². The average Bonchev–Trinajstić information content (AvgIpc) is 3.20. The second kappa shape index (κ2) is 7.21. The number of rotatable bonds is 6. The molecule has 1 aromatic rings. The SMILES string of the molecule is CC(C)(C)[Si](C)(C)O[C@H]1CC=C2C(CCc3ccco3)=C(C=O)CC[C@@]21C. The maximum atomic E-state index is 11.7. The van der Waals surface area contributed by atoms with Crippen molar-refractivity contribution in [3.05, 3.63) is 47.0 Å². The monoisotopic (exact) mass is 386 g/mol. The molecule has 0 aromatic carbocycles. The zero-order valence-electron chi connectivity index (χ0n) is 17.7. The van der Waals surface area contributed by atoms with Crippen molar-refractivity contribution in [3.8, 4) is 0 Å². The molecule has 27 heavy (non-hydrogen) atoms. The number of hydrogen-bond acceptors (Lipinski definition) is 3. The first kappa shape index (κ1) is 20.3. The van der Waals surface area contributed by atoms with Gasteiger partial charge in [-0.3, -0.25) is 4.79 Å². The zero-order chi connectivity index (χ0) is 19.9. The van der Waals surface area contributed by atoms with Crippen molar-refractivity contribution in [3.63, 3.8) is 0 Å². The Labute approximate surface area is 165 Å². The predicted octanol–water partition coefficient (Wildman–Crippen LogP) is 6.23. The van der Waals surface area contributed by atoms with E-state index in [1.165, 1.54) is 11.1 Å². The van der Waals surface area contributed by atoms with Gasteiger partial charge in [0.15, 0.2) is 8.32 Å². The van der Waals surface area contributed by atoms with Crippen molar-refractivity contribution in [2.24, 2.45) is 5.41 Å². The van der Waals surface area contributed by atoms with Crippen LogP contribution in [0.25, 0.3) is 0 Å². The molecule has 0 fully saturated rings. The third-order valence-corrected chi connectivity index (χ3v) is 11.6. The van der Waals surface area contributed by atoms with E-state index in [4.69, 9.17) is 8.84 Å². The molecule has 3 nitrogen and oxygen atoms in total. The van der Waals surface area contributed by atoms with E-state index in [9.17, 15) is 4.79 Å². The Morgan fingerprint density at radius 2 is 2.07 bits per heavy atom. The largest absolute Gasteiger partial charge is 0.469 e. The van der Waals surface area contributed by atoms with Gasteiger partial charge >= 0.3 is 0 Å². The molecule has 2 aliphatic rings. The van der Waals surface area contributed by atoms with Crippen LogP contribution in [0.2, 0.25) is 18.1 Å². The van der Waals surface area contributed by atoms with Gasteiger partial charge in [-0.2, -0.15) is 0 Å². The van der Waals surface area contributed by atoms with E-state index >= 15 is 0 Å². The van der Waals surface area contributed by atoms with Crippen molar-refractivity contribution >= 4 is 14.6 Å². The summed E-state index contributed by atoms with van der Waals surface area (Å²) in [7, 11) is -1.84. The quantitative estimate of drug-likeness (QED) is 0.430. The summed E-state index contributed by atoms with van der Waals surface area (Å²) in [4.78, 5) is 11.7. The Morgan fingerprint density at radius 3 is 2.67 bits per heavy atom. The first-order valence-corrected chi connectivity index (χ1v) is 13.1. The smallest absolute Gasteiger partial charge is 0.192 e. The van der Waals surface area contributed by atoms with Crippen molar-refractivity contribution < 1.29 is 13.6 Å². The molecule has 0 amide bonds. The van der Waals surface area contributed by atoms with E-state index in [-0.39, 0.29) is 16.6 Å². The molecular formula is C23H34O3Si. The number of aldehydes is 1.